The lowest BCUT2D eigenvalue weighted by Gasteiger charge is -2.03. The summed E-state index contributed by atoms with van der Waals surface area (Å²) in [6.45, 7) is 0. The van der Waals surface area contributed by atoms with Crippen LogP contribution >= 0.6 is 11.6 Å². The Morgan fingerprint density at radius 1 is 1.19 bits per heavy atom. The first kappa shape index (κ1) is 17.8. The molecule has 1 heterocycles. The van der Waals surface area contributed by atoms with E-state index in [4.69, 9.17) is 11.6 Å². The Kier molecular flexibility index (Phi) is 5.76. The van der Waals surface area contributed by atoms with Crippen LogP contribution in [0.3, 0.4) is 0 Å². The molecule has 7 heteroatoms. The molecule has 6 nitrogen and oxygen atoms in total. The molecule has 3 rings (SSSR count). The summed E-state index contributed by atoms with van der Waals surface area (Å²) in [5.41, 5.74) is 3.81. The van der Waals surface area contributed by atoms with Crippen molar-refractivity contribution < 1.29 is 4.79 Å². The molecular weight excluding hydrogens is 352 g/mol. The number of aryl methyl sites for hydroxylation is 1. The summed E-state index contributed by atoms with van der Waals surface area (Å²) in [5, 5.41) is 5.12. The van der Waals surface area contributed by atoms with Crippen LogP contribution in [0.5, 0.6) is 0 Å². The molecule has 1 aromatic heterocycles. The molecule has 2 aromatic carbocycles. The normalized spacial score (nSPS) is 11.1. The van der Waals surface area contributed by atoms with E-state index in [1.165, 1.54) is 0 Å². The minimum atomic E-state index is -0.196. The minimum Gasteiger partial charge on any atom is -0.310 e. The number of carbonyl (C=O) groups excluding carboxylic acids is 1. The largest absolute Gasteiger partial charge is 0.310 e. The molecule has 0 fully saturated rings. The minimum absolute atomic E-state index is 0.164. The van der Waals surface area contributed by atoms with Gasteiger partial charge in [0.05, 0.1) is 17.1 Å². The number of nitrogens with zero attached hydrogens (tertiary/aromatic N) is 2. The van der Waals surface area contributed by atoms with Crippen LogP contribution in [0.15, 0.2) is 58.4 Å². The number of fused-ring (bicyclic) bond motifs is 1. The van der Waals surface area contributed by atoms with Crippen LogP contribution in [0.25, 0.3) is 10.9 Å². The van der Waals surface area contributed by atoms with Gasteiger partial charge in [-0.2, -0.15) is 5.10 Å². The third-order valence-electron chi connectivity index (χ3n) is 3.75. The lowest BCUT2D eigenvalue weighted by molar-refractivity contribution is -0.121. The number of aromatic nitrogens is 2. The number of hydrogen-bond donors (Lipinski definition) is 2. The van der Waals surface area contributed by atoms with Crippen molar-refractivity contribution in [3.63, 3.8) is 0 Å². The third-order valence-corrected chi connectivity index (χ3v) is 4.00. The van der Waals surface area contributed by atoms with Crippen LogP contribution in [-0.2, 0) is 11.2 Å². The molecular formula is C19H17ClN4O2. The summed E-state index contributed by atoms with van der Waals surface area (Å²) in [5.74, 6) is 0.379. The van der Waals surface area contributed by atoms with Crippen molar-refractivity contribution in [2.24, 2.45) is 5.10 Å². The highest BCUT2D eigenvalue weighted by molar-refractivity contribution is 6.30. The Bertz CT molecular complexity index is 996. The highest BCUT2D eigenvalue weighted by Crippen LogP contribution is 2.08. The molecule has 0 spiro atoms. The van der Waals surface area contributed by atoms with Crippen molar-refractivity contribution in [2.75, 3.05) is 0 Å². The van der Waals surface area contributed by atoms with Crippen molar-refractivity contribution in [1.29, 1.82) is 0 Å². The first-order chi connectivity index (χ1) is 12.6. The molecule has 0 atom stereocenters. The maximum absolute atomic E-state index is 12.0. The molecule has 1 amide bonds. The van der Waals surface area contributed by atoms with Crippen LogP contribution in [-0.4, -0.2) is 22.1 Å². The van der Waals surface area contributed by atoms with Crippen LogP contribution < -0.4 is 11.0 Å². The van der Waals surface area contributed by atoms with Crippen molar-refractivity contribution in [2.45, 2.75) is 19.3 Å². The average Bonchev–Trinajstić information content (AvgIpc) is 2.63. The van der Waals surface area contributed by atoms with E-state index in [2.05, 4.69) is 20.5 Å². The number of aromatic amines is 1. The maximum atomic E-state index is 12.0. The van der Waals surface area contributed by atoms with Crippen LogP contribution in [0, 0.1) is 0 Å². The Balaban J connectivity index is 1.49. The fourth-order valence-corrected chi connectivity index (χ4v) is 2.58. The van der Waals surface area contributed by atoms with E-state index in [0.29, 0.717) is 34.6 Å². The Morgan fingerprint density at radius 3 is 2.77 bits per heavy atom. The zero-order valence-electron chi connectivity index (χ0n) is 13.9. The molecule has 0 aliphatic heterocycles. The van der Waals surface area contributed by atoms with E-state index >= 15 is 0 Å². The fourth-order valence-electron chi connectivity index (χ4n) is 2.45. The predicted octanol–water partition coefficient (Wildman–Crippen LogP) is 3.05. The maximum Gasteiger partial charge on any atom is 0.258 e. The van der Waals surface area contributed by atoms with E-state index < -0.39 is 0 Å². The van der Waals surface area contributed by atoms with E-state index in [1.807, 2.05) is 6.07 Å². The predicted molar refractivity (Wildman–Crippen MR) is 102 cm³/mol. The monoisotopic (exact) mass is 368 g/mol. The second-order valence-electron chi connectivity index (χ2n) is 5.73. The van der Waals surface area contributed by atoms with E-state index in [1.54, 1.807) is 48.7 Å². The number of hydrogen-bond acceptors (Lipinski definition) is 4. The Hall–Kier alpha value is -2.99. The number of hydrazone groups is 1. The van der Waals surface area contributed by atoms with Gasteiger partial charge < -0.3 is 4.98 Å². The van der Waals surface area contributed by atoms with Crippen molar-refractivity contribution in [3.8, 4) is 0 Å². The number of carbonyl (C=O) groups is 1. The zero-order valence-corrected chi connectivity index (χ0v) is 14.7. The summed E-state index contributed by atoms with van der Waals surface area (Å²) in [4.78, 5) is 31.0. The molecule has 3 aromatic rings. The van der Waals surface area contributed by atoms with Gasteiger partial charge in [-0.25, -0.2) is 10.4 Å². The van der Waals surface area contributed by atoms with Gasteiger partial charge in [0.15, 0.2) is 0 Å². The second-order valence-corrected chi connectivity index (χ2v) is 6.16. The van der Waals surface area contributed by atoms with Gasteiger partial charge in [0.2, 0.25) is 5.91 Å². The average molecular weight is 369 g/mol. The van der Waals surface area contributed by atoms with E-state index in [0.717, 1.165) is 5.56 Å². The smallest absolute Gasteiger partial charge is 0.258 e. The molecule has 0 saturated heterocycles. The summed E-state index contributed by atoms with van der Waals surface area (Å²) >= 11 is 5.80. The number of halogens is 1. The number of para-hydroxylation sites is 1. The standard InChI is InChI=1S/C19H17ClN4O2/c20-14-10-8-13(9-11-14)12-21-24-18(25)7-3-6-17-22-16-5-2-1-4-15(16)19(26)23-17/h1-2,4-5,8-12H,3,6-7H2,(H,24,25)(H,22,23,26)/b21-12+. The van der Waals surface area contributed by atoms with Crippen molar-refractivity contribution >= 4 is 34.6 Å². The van der Waals surface area contributed by atoms with Crippen LogP contribution in [0.1, 0.15) is 24.2 Å². The first-order valence-corrected chi connectivity index (χ1v) is 8.55. The van der Waals surface area contributed by atoms with Gasteiger partial charge >= 0.3 is 0 Å². The van der Waals surface area contributed by atoms with E-state index in [9.17, 15) is 9.59 Å². The van der Waals surface area contributed by atoms with Gasteiger partial charge in [0.1, 0.15) is 5.82 Å². The van der Waals surface area contributed by atoms with Crippen molar-refractivity contribution in [1.82, 2.24) is 15.4 Å². The molecule has 132 valence electrons. The number of benzene rings is 2. The third kappa shape index (κ3) is 4.77. The Morgan fingerprint density at radius 2 is 1.96 bits per heavy atom. The summed E-state index contributed by atoms with van der Waals surface area (Å²) in [6.07, 6.45) is 2.91. The number of rotatable bonds is 6. The van der Waals surface area contributed by atoms with Gasteiger partial charge in [-0.1, -0.05) is 35.9 Å². The van der Waals surface area contributed by atoms with Crippen LogP contribution in [0.4, 0.5) is 0 Å². The SMILES string of the molecule is O=C(CCCc1nc2ccccc2c(=O)[nH]1)N/N=C/c1ccc(Cl)cc1. The quantitative estimate of drug-likeness (QED) is 0.517. The zero-order chi connectivity index (χ0) is 18.4. The molecule has 0 radical (unpaired) electrons. The number of H-pyrrole nitrogens is 1. The molecule has 0 aliphatic rings. The lowest BCUT2D eigenvalue weighted by Crippen LogP contribution is -2.18. The number of nitrogens with one attached hydrogen (secondary N) is 2. The van der Waals surface area contributed by atoms with Gasteiger partial charge in [0, 0.05) is 17.9 Å². The fraction of sp³-hybridized carbons (Fsp3) is 0.158. The van der Waals surface area contributed by atoms with Gasteiger partial charge in [-0.3, -0.25) is 9.59 Å². The molecule has 0 saturated carbocycles. The Labute approximate surface area is 154 Å². The first-order valence-electron chi connectivity index (χ1n) is 8.17. The second kappa shape index (κ2) is 8.40. The van der Waals surface area contributed by atoms with Gasteiger partial charge in [0.25, 0.3) is 5.56 Å². The van der Waals surface area contributed by atoms with Gasteiger partial charge in [-0.05, 0) is 36.2 Å². The van der Waals surface area contributed by atoms with E-state index in [-0.39, 0.29) is 17.9 Å². The van der Waals surface area contributed by atoms with Crippen LogP contribution in [0.2, 0.25) is 5.02 Å². The molecule has 2 N–H and O–H groups in total. The lowest BCUT2D eigenvalue weighted by atomic mass is 10.2. The highest BCUT2D eigenvalue weighted by atomic mass is 35.5. The van der Waals surface area contributed by atoms with Crippen molar-refractivity contribution in [3.05, 3.63) is 75.3 Å². The molecule has 0 unspecified atom stereocenters. The summed E-state index contributed by atoms with van der Waals surface area (Å²) < 4.78 is 0. The summed E-state index contributed by atoms with van der Waals surface area (Å²) in [6, 6.07) is 14.3. The van der Waals surface area contributed by atoms with Gasteiger partial charge in [-0.15, -0.1) is 0 Å². The topological polar surface area (TPSA) is 87.2 Å². The summed E-state index contributed by atoms with van der Waals surface area (Å²) in [7, 11) is 0. The highest BCUT2D eigenvalue weighted by Gasteiger charge is 2.05. The molecule has 0 bridgehead atoms. The number of amides is 1. The molecule has 26 heavy (non-hydrogen) atoms. The molecule has 0 aliphatic carbocycles.